The van der Waals surface area contributed by atoms with E-state index in [1.807, 2.05) is 0 Å². The molecule has 2 heterocycles. The highest BCUT2D eigenvalue weighted by Crippen LogP contribution is 2.30. The minimum atomic E-state index is -3.34. The zero-order valence-corrected chi connectivity index (χ0v) is 14.7. The average Bonchev–Trinajstić information content (AvgIpc) is 2.84. The molecule has 2 aliphatic heterocycles. The monoisotopic (exact) mass is 387 g/mol. The number of sulfone groups is 1. The molecule has 20 heavy (non-hydrogen) atoms. The molecule has 0 bridgehead atoms. The van der Waals surface area contributed by atoms with Gasteiger partial charge in [0.15, 0.2) is 0 Å². The Morgan fingerprint density at radius 1 is 1.15 bits per heavy atom. The molecule has 0 radical (unpaired) electrons. The molecule has 2 saturated heterocycles. The number of hydrogen-bond acceptors (Lipinski definition) is 4. The van der Waals surface area contributed by atoms with Crippen LogP contribution < -0.4 is 0 Å². The Bertz CT molecular complexity index is 518. The first-order valence-corrected chi connectivity index (χ1v) is 11.6. The highest BCUT2D eigenvalue weighted by Gasteiger charge is 2.41. The molecule has 1 atom stereocenters. The molecule has 5 nitrogen and oxygen atoms in total. The third-order valence-corrected chi connectivity index (χ3v) is 8.97. The van der Waals surface area contributed by atoms with Gasteiger partial charge in [-0.3, -0.25) is 0 Å². The molecule has 2 aliphatic rings. The fourth-order valence-corrected chi connectivity index (χ4v) is 7.44. The number of halogens is 1. The zero-order valence-electron chi connectivity index (χ0n) is 11.5. The van der Waals surface area contributed by atoms with Crippen LogP contribution in [0, 0.1) is 0 Å². The fourth-order valence-electron chi connectivity index (χ4n) is 3.10. The molecule has 8 heteroatoms. The highest BCUT2D eigenvalue weighted by atomic mass is 79.9. The van der Waals surface area contributed by atoms with Crippen molar-refractivity contribution < 1.29 is 16.8 Å². The second-order valence-electron chi connectivity index (χ2n) is 5.63. The molecule has 0 saturated carbocycles. The van der Waals surface area contributed by atoms with Crippen LogP contribution in [0.3, 0.4) is 0 Å². The standard InChI is InChI=1S/C12H22BrNO4S2/c13-7-1-3-11-4-2-8-14(11)20(17,18)12-5-9-19(15,16)10-6-12/h11-12H,1-10H2. The second kappa shape index (κ2) is 6.62. The third kappa shape index (κ3) is 3.75. The van der Waals surface area contributed by atoms with Gasteiger partial charge in [-0.25, -0.2) is 16.8 Å². The van der Waals surface area contributed by atoms with Crippen molar-refractivity contribution in [2.45, 2.75) is 49.8 Å². The predicted molar refractivity (Wildman–Crippen MR) is 83.4 cm³/mol. The first-order valence-electron chi connectivity index (χ1n) is 7.14. The van der Waals surface area contributed by atoms with Crippen LogP contribution in [0.2, 0.25) is 0 Å². The van der Waals surface area contributed by atoms with Crippen LogP contribution in [-0.2, 0) is 19.9 Å². The number of rotatable bonds is 5. The van der Waals surface area contributed by atoms with Crippen LogP contribution in [-0.4, -0.2) is 55.8 Å². The Labute approximate surface area is 130 Å². The normalized spacial score (nSPS) is 28.8. The van der Waals surface area contributed by atoms with E-state index < -0.39 is 25.1 Å². The van der Waals surface area contributed by atoms with Crippen molar-refractivity contribution in [1.29, 1.82) is 0 Å². The summed E-state index contributed by atoms with van der Waals surface area (Å²) in [5.41, 5.74) is 0. The average molecular weight is 388 g/mol. The maximum atomic E-state index is 12.7. The lowest BCUT2D eigenvalue weighted by molar-refractivity contribution is 0.361. The molecule has 1 unspecified atom stereocenters. The largest absolute Gasteiger partial charge is 0.229 e. The number of hydrogen-bond donors (Lipinski definition) is 0. The molecule has 0 aromatic carbocycles. The Morgan fingerprint density at radius 3 is 2.40 bits per heavy atom. The summed E-state index contributed by atoms with van der Waals surface area (Å²) in [6, 6.07) is 0.107. The van der Waals surface area contributed by atoms with Crippen molar-refractivity contribution in [3.8, 4) is 0 Å². The number of alkyl halides is 1. The Morgan fingerprint density at radius 2 is 1.80 bits per heavy atom. The Balaban J connectivity index is 2.06. The lowest BCUT2D eigenvalue weighted by Crippen LogP contribution is -2.44. The van der Waals surface area contributed by atoms with Crippen LogP contribution in [0.5, 0.6) is 0 Å². The van der Waals surface area contributed by atoms with Crippen molar-refractivity contribution in [3.05, 3.63) is 0 Å². The maximum Gasteiger partial charge on any atom is 0.217 e. The van der Waals surface area contributed by atoms with Gasteiger partial charge in [0.1, 0.15) is 9.84 Å². The van der Waals surface area contributed by atoms with Crippen LogP contribution >= 0.6 is 15.9 Å². The molecule has 2 rings (SSSR count). The highest BCUT2D eigenvalue weighted by molar-refractivity contribution is 9.09. The SMILES string of the molecule is O=S1(=O)CCC(S(=O)(=O)N2CCCC2CCCBr)CC1. The van der Waals surface area contributed by atoms with Crippen LogP contribution in [0.1, 0.15) is 38.5 Å². The zero-order chi connectivity index (χ0) is 14.8. The lowest BCUT2D eigenvalue weighted by atomic mass is 10.1. The summed E-state index contributed by atoms with van der Waals surface area (Å²) in [5, 5.41) is 0.384. The Hall–Kier alpha value is 0.340. The van der Waals surface area contributed by atoms with Gasteiger partial charge >= 0.3 is 0 Å². The molecule has 0 N–H and O–H groups in total. The van der Waals surface area contributed by atoms with Gasteiger partial charge in [0.25, 0.3) is 0 Å². The summed E-state index contributed by atoms with van der Waals surface area (Å²) in [6.45, 7) is 0.596. The van der Waals surface area contributed by atoms with E-state index in [1.54, 1.807) is 4.31 Å². The molecule has 0 aromatic rings. The van der Waals surface area contributed by atoms with E-state index in [1.165, 1.54) is 0 Å². The van der Waals surface area contributed by atoms with Crippen molar-refractivity contribution in [2.24, 2.45) is 0 Å². The van der Waals surface area contributed by atoms with E-state index in [-0.39, 0.29) is 30.4 Å². The summed E-state index contributed by atoms with van der Waals surface area (Å²) >= 11 is 3.38. The first-order chi connectivity index (χ1) is 9.37. The van der Waals surface area contributed by atoms with Gasteiger partial charge in [0.2, 0.25) is 10.0 Å². The van der Waals surface area contributed by atoms with Crippen molar-refractivity contribution >= 4 is 35.8 Å². The van der Waals surface area contributed by atoms with Gasteiger partial charge in [0.05, 0.1) is 16.8 Å². The molecule has 0 amide bonds. The van der Waals surface area contributed by atoms with Crippen molar-refractivity contribution in [1.82, 2.24) is 4.31 Å². The summed E-state index contributed by atoms with van der Waals surface area (Å²) in [5.74, 6) is 0.0214. The molecular formula is C12H22BrNO4S2. The minimum Gasteiger partial charge on any atom is -0.229 e. The van der Waals surface area contributed by atoms with E-state index in [0.29, 0.717) is 6.54 Å². The first kappa shape index (κ1) is 16.7. The smallest absolute Gasteiger partial charge is 0.217 e. The van der Waals surface area contributed by atoms with Crippen molar-refractivity contribution in [3.63, 3.8) is 0 Å². The lowest BCUT2D eigenvalue weighted by Gasteiger charge is -2.30. The van der Waals surface area contributed by atoms with E-state index >= 15 is 0 Å². The van der Waals surface area contributed by atoms with E-state index in [4.69, 9.17) is 0 Å². The summed E-state index contributed by atoms with van der Waals surface area (Å²) in [7, 11) is -6.35. The van der Waals surface area contributed by atoms with Crippen LogP contribution in [0.25, 0.3) is 0 Å². The predicted octanol–water partition coefficient (Wildman–Crippen LogP) is 1.53. The van der Waals surface area contributed by atoms with Gasteiger partial charge in [-0.1, -0.05) is 15.9 Å². The third-order valence-electron chi connectivity index (χ3n) is 4.24. The molecule has 2 fully saturated rings. The van der Waals surface area contributed by atoms with Crippen molar-refractivity contribution in [2.75, 3.05) is 23.4 Å². The van der Waals surface area contributed by atoms with Gasteiger partial charge in [0, 0.05) is 17.9 Å². The van der Waals surface area contributed by atoms with Gasteiger partial charge < -0.3 is 0 Å². The number of sulfonamides is 1. The second-order valence-corrected chi connectivity index (χ2v) is 10.9. The topological polar surface area (TPSA) is 71.5 Å². The Kier molecular flexibility index (Phi) is 5.53. The summed E-state index contributed by atoms with van der Waals surface area (Å²) in [6.07, 6.45) is 4.21. The van der Waals surface area contributed by atoms with E-state index in [9.17, 15) is 16.8 Å². The van der Waals surface area contributed by atoms with Gasteiger partial charge in [-0.2, -0.15) is 4.31 Å². The fraction of sp³-hybridized carbons (Fsp3) is 1.00. The van der Waals surface area contributed by atoms with E-state index in [2.05, 4.69) is 15.9 Å². The van der Waals surface area contributed by atoms with Crippen LogP contribution in [0.4, 0.5) is 0 Å². The molecular weight excluding hydrogens is 366 g/mol. The molecule has 0 aliphatic carbocycles. The maximum absolute atomic E-state index is 12.7. The van der Waals surface area contributed by atoms with Gasteiger partial charge in [-0.05, 0) is 38.5 Å². The molecule has 0 aromatic heterocycles. The van der Waals surface area contributed by atoms with Crippen LogP contribution in [0.15, 0.2) is 0 Å². The molecule has 118 valence electrons. The summed E-state index contributed by atoms with van der Waals surface area (Å²) in [4.78, 5) is 0. The minimum absolute atomic E-state index is 0.0107. The van der Waals surface area contributed by atoms with Gasteiger partial charge in [-0.15, -0.1) is 0 Å². The quantitative estimate of drug-likeness (QED) is 0.670. The summed E-state index contributed by atoms with van der Waals surface area (Å²) < 4.78 is 49.9. The number of nitrogens with zero attached hydrogens (tertiary/aromatic N) is 1. The molecule has 0 spiro atoms. The van der Waals surface area contributed by atoms with E-state index in [0.717, 1.165) is 31.0 Å².